The Morgan fingerprint density at radius 2 is 1.04 bits per heavy atom. The van der Waals surface area contributed by atoms with Crippen molar-refractivity contribution in [2.24, 2.45) is 28.9 Å². The van der Waals surface area contributed by atoms with Crippen LogP contribution in [0.25, 0.3) is 0 Å². The number of carbonyl (C=O) groups excluding carboxylic acids is 10. The number of benzene rings is 1. The van der Waals surface area contributed by atoms with Crippen LogP contribution in [0.15, 0.2) is 30.3 Å². The van der Waals surface area contributed by atoms with E-state index in [9.17, 15) is 58.2 Å². The smallest absolute Gasteiger partial charge is 0.245 e. The highest BCUT2D eigenvalue weighted by Gasteiger charge is 2.37. The van der Waals surface area contributed by atoms with Crippen LogP contribution in [-0.4, -0.2) is 169 Å². The van der Waals surface area contributed by atoms with Gasteiger partial charge in [-0.3, -0.25) is 47.9 Å². The van der Waals surface area contributed by atoms with Crippen molar-refractivity contribution >= 4 is 59.1 Å². The van der Waals surface area contributed by atoms with Crippen molar-refractivity contribution in [1.82, 2.24) is 53.2 Å². The molecule has 0 aromatic heterocycles. The maximum atomic E-state index is 14.5. The van der Waals surface area contributed by atoms with E-state index in [4.69, 9.17) is 22.9 Å². The second-order valence-corrected chi connectivity index (χ2v) is 21.9. The molecule has 10 amide bonds. The van der Waals surface area contributed by atoms with E-state index in [0.717, 1.165) is 25.7 Å². The van der Waals surface area contributed by atoms with E-state index in [0.29, 0.717) is 12.0 Å². The quantitative estimate of drug-likeness (QED) is 0.0358. The molecular weight excluding hydrogens is 1070 g/mol. The van der Waals surface area contributed by atoms with Crippen LogP contribution in [0.1, 0.15) is 156 Å². The molecule has 1 fully saturated rings. The summed E-state index contributed by atoms with van der Waals surface area (Å²) in [6.07, 6.45) is 7.88. The largest absolute Gasteiger partial charge is 0.391 e. The van der Waals surface area contributed by atoms with Crippen LogP contribution >= 0.6 is 0 Å². The summed E-state index contributed by atoms with van der Waals surface area (Å²) < 4.78 is 0. The first kappa shape index (κ1) is 72.8. The first-order chi connectivity index (χ1) is 39.6. The monoisotopic (exact) mass is 1170 g/mol. The lowest BCUT2D eigenvalue weighted by Gasteiger charge is -2.28. The molecule has 0 saturated carbocycles. The lowest BCUT2D eigenvalue weighted by molar-refractivity contribution is -0.136. The van der Waals surface area contributed by atoms with Gasteiger partial charge in [-0.2, -0.15) is 0 Å². The summed E-state index contributed by atoms with van der Waals surface area (Å²) >= 11 is 0. The number of unbranched alkanes of at least 4 members (excludes halogenated alkanes) is 10. The van der Waals surface area contributed by atoms with Gasteiger partial charge in [-0.25, -0.2) is 0 Å². The van der Waals surface area contributed by atoms with Gasteiger partial charge in [0.05, 0.1) is 12.2 Å². The number of carbonyl (C=O) groups is 10. The summed E-state index contributed by atoms with van der Waals surface area (Å²) in [6.45, 7) is 7.33. The fourth-order valence-corrected chi connectivity index (χ4v) is 9.38. The van der Waals surface area contributed by atoms with Gasteiger partial charge < -0.3 is 86.3 Å². The molecule has 26 nitrogen and oxygen atoms in total. The Balaban J connectivity index is 2.57. The Morgan fingerprint density at radius 1 is 0.566 bits per heavy atom. The van der Waals surface area contributed by atoms with Crippen molar-refractivity contribution in [3.05, 3.63) is 35.9 Å². The number of aliphatic hydroxyl groups is 2. The summed E-state index contributed by atoms with van der Waals surface area (Å²) in [5.41, 5.74) is 24.2. The Labute approximate surface area is 489 Å². The van der Waals surface area contributed by atoms with Crippen molar-refractivity contribution in [3.8, 4) is 0 Å². The van der Waals surface area contributed by atoms with E-state index in [1.165, 1.54) is 52.4 Å². The molecule has 1 aromatic rings. The summed E-state index contributed by atoms with van der Waals surface area (Å²) in [5, 5.41) is 47.2. The highest BCUT2D eigenvalue weighted by atomic mass is 16.3. The average molecular weight is 1170 g/mol. The molecule has 1 aliphatic heterocycles. The highest BCUT2D eigenvalue weighted by Crippen LogP contribution is 2.14. The van der Waals surface area contributed by atoms with E-state index in [1.54, 1.807) is 44.2 Å². The standard InChI is InChI=1S/C57H100N14O12/c1-6-7-8-9-10-11-12-13-14-15-19-22-46(74)70-48(37(5)73)57(83)67-41(25-30-60)50(76)66-43-27-32-62-56(82)47(36(4)72)71-53(79)42(26-31-61)64-49(75)39(23-28-58)65-54(80)44(33-35(2)3)68-55(81)45(34-38-20-17-16-18-21-38)69-51(77)40(24-29-59)63-52(43)78/h16-18,20-21,35-37,39-45,47-48,72-73H,6-15,19,22-34,58-61H2,1-5H3,(H,62,82)(H,63,78)(H,64,75)(H,65,80)(H,66,76)(H,67,83)(H,68,81)(H,69,77)(H,70,74)(H,71,79)/t36-,37-,39+,40+,41+,42+,43+,44+,45-,47+,48+/m1/s1. The lowest BCUT2D eigenvalue weighted by atomic mass is 10.00. The molecule has 2 rings (SSSR count). The first-order valence-corrected chi connectivity index (χ1v) is 29.8. The third-order valence-corrected chi connectivity index (χ3v) is 14.1. The van der Waals surface area contributed by atoms with Gasteiger partial charge in [0.1, 0.15) is 54.4 Å². The molecule has 1 aromatic carbocycles. The van der Waals surface area contributed by atoms with Crippen molar-refractivity contribution in [3.63, 3.8) is 0 Å². The van der Waals surface area contributed by atoms with E-state index in [-0.39, 0.29) is 77.0 Å². The molecule has 0 aliphatic carbocycles. The molecule has 0 unspecified atom stereocenters. The third-order valence-electron chi connectivity index (χ3n) is 14.1. The van der Waals surface area contributed by atoms with Crippen LogP contribution in [0.2, 0.25) is 0 Å². The number of amides is 10. The molecule has 1 saturated heterocycles. The van der Waals surface area contributed by atoms with Gasteiger partial charge in [0, 0.05) is 19.4 Å². The number of rotatable bonds is 31. The van der Waals surface area contributed by atoms with E-state index in [1.807, 2.05) is 0 Å². The maximum absolute atomic E-state index is 14.5. The molecule has 20 N–H and O–H groups in total. The molecule has 1 aliphatic rings. The van der Waals surface area contributed by atoms with Gasteiger partial charge >= 0.3 is 0 Å². The summed E-state index contributed by atoms with van der Waals surface area (Å²) in [5.74, 6) is -8.75. The Kier molecular flexibility index (Phi) is 35.8. The van der Waals surface area contributed by atoms with E-state index < -0.39 is 139 Å². The molecule has 0 spiro atoms. The van der Waals surface area contributed by atoms with Crippen molar-refractivity contribution < 1.29 is 58.2 Å². The van der Waals surface area contributed by atoms with Gasteiger partial charge in [0.2, 0.25) is 59.1 Å². The average Bonchev–Trinajstić information content (AvgIpc) is 3.57. The Bertz CT molecular complexity index is 2170. The van der Waals surface area contributed by atoms with Crippen LogP contribution < -0.4 is 76.1 Å². The number of aliphatic hydroxyl groups excluding tert-OH is 2. The molecule has 26 heteroatoms. The van der Waals surface area contributed by atoms with Crippen molar-refractivity contribution in [2.75, 3.05) is 32.7 Å². The first-order valence-electron chi connectivity index (χ1n) is 29.8. The van der Waals surface area contributed by atoms with Crippen LogP contribution in [0, 0.1) is 5.92 Å². The molecule has 0 bridgehead atoms. The number of nitrogens with two attached hydrogens (primary N) is 4. The zero-order chi connectivity index (χ0) is 61.9. The normalized spacial score (nSPS) is 22.5. The molecule has 470 valence electrons. The van der Waals surface area contributed by atoms with Gasteiger partial charge in [0.15, 0.2) is 0 Å². The van der Waals surface area contributed by atoms with Crippen LogP contribution in [-0.2, 0) is 54.4 Å². The maximum Gasteiger partial charge on any atom is 0.245 e. The number of hydrogen-bond donors (Lipinski definition) is 16. The second-order valence-electron chi connectivity index (χ2n) is 21.9. The van der Waals surface area contributed by atoms with Crippen LogP contribution in [0.5, 0.6) is 0 Å². The van der Waals surface area contributed by atoms with Crippen molar-refractivity contribution in [2.45, 2.75) is 223 Å². The Hall–Kier alpha value is -6.32. The van der Waals surface area contributed by atoms with Gasteiger partial charge in [-0.15, -0.1) is 0 Å². The van der Waals surface area contributed by atoms with Crippen LogP contribution in [0.3, 0.4) is 0 Å². The lowest BCUT2D eigenvalue weighted by Crippen LogP contribution is -2.61. The van der Waals surface area contributed by atoms with E-state index >= 15 is 0 Å². The van der Waals surface area contributed by atoms with Crippen LogP contribution in [0.4, 0.5) is 0 Å². The second kappa shape index (κ2) is 40.8. The topological polar surface area (TPSA) is 436 Å². The third kappa shape index (κ3) is 28.2. The highest BCUT2D eigenvalue weighted by molar-refractivity contribution is 5.99. The van der Waals surface area contributed by atoms with Gasteiger partial charge in [-0.05, 0) is 96.5 Å². The van der Waals surface area contributed by atoms with Gasteiger partial charge in [0.25, 0.3) is 0 Å². The minimum absolute atomic E-state index is 0.0630. The molecule has 1 heterocycles. The summed E-state index contributed by atoms with van der Waals surface area (Å²) in [7, 11) is 0. The molecule has 83 heavy (non-hydrogen) atoms. The molecule has 11 atom stereocenters. The minimum atomic E-state index is -1.66. The SMILES string of the molecule is CCCCCCCCCCCCCC(=O)N[C@H](C(=O)N[C@@H](CCN)C(=O)N[C@H]1CCNC(=O)[C@H]([C@@H](C)O)NC(=O)[C@H](CCN)NC(=O)[C@H](CCN)NC(=O)[C@H](CC(C)C)NC(=O)[C@@H](Cc2ccccc2)NC(=O)[C@H](CCN)NC1=O)[C@@H](C)O. The predicted molar refractivity (Wildman–Crippen MR) is 314 cm³/mol. The summed E-state index contributed by atoms with van der Waals surface area (Å²) in [4.78, 5) is 140. The number of hydrogen-bond acceptors (Lipinski definition) is 16. The predicted octanol–water partition coefficient (Wildman–Crippen LogP) is -1.98. The molecule has 0 radical (unpaired) electrons. The minimum Gasteiger partial charge on any atom is -0.391 e. The zero-order valence-corrected chi connectivity index (χ0v) is 49.6. The Morgan fingerprint density at radius 3 is 1.53 bits per heavy atom. The number of nitrogens with one attached hydrogen (secondary N) is 10. The van der Waals surface area contributed by atoms with Crippen molar-refractivity contribution in [1.29, 1.82) is 0 Å². The zero-order valence-electron chi connectivity index (χ0n) is 49.6. The van der Waals surface area contributed by atoms with E-state index in [2.05, 4.69) is 60.1 Å². The summed E-state index contributed by atoms with van der Waals surface area (Å²) in [6, 6.07) is -4.43. The molecular formula is C57H100N14O12. The van der Waals surface area contributed by atoms with Gasteiger partial charge in [-0.1, -0.05) is 115 Å². The fourth-order valence-electron chi connectivity index (χ4n) is 9.38. The fraction of sp³-hybridized carbons (Fsp3) is 0.719.